The van der Waals surface area contributed by atoms with E-state index in [0.29, 0.717) is 29.7 Å². The summed E-state index contributed by atoms with van der Waals surface area (Å²) >= 11 is 0. The Hall–Kier alpha value is -3.68. The number of aromatic nitrogens is 2. The first-order valence-electron chi connectivity index (χ1n) is 10.3. The van der Waals surface area contributed by atoms with E-state index < -0.39 is 0 Å². The number of piperidine rings is 1. The van der Waals surface area contributed by atoms with Crippen molar-refractivity contribution >= 4 is 17.5 Å². The zero-order chi connectivity index (χ0) is 21.6. The van der Waals surface area contributed by atoms with Crippen LogP contribution in [0.15, 0.2) is 59.1 Å². The lowest BCUT2D eigenvalue weighted by Crippen LogP contribution is -2.41. The van der Waals surface area contributed by atoms with Crippen LogP contribution in [0.5, 0.6) is 5.75 Å². The van der Waals surface area contributed by atoms with Crippen LogP contribution in [-0.4, -0.2) is 40.0 Å². The molecule has 1 atom stereocenters. The van der Waals surface area contributed by atoms with Crippen LogP contribution in [0.4, 0.5) is 5.69 Å². The van der Waals surface area contributed by atoms with Crippen LogP contribution in [0, 0.1) is 0 Å². The number of para-hydroxylation sites is 1. The molecule has 2 amide bonds. The minimum Gasteiger partial charge on any atom is -0.484 e. The molecule has 160 valence electrons. The smallest absolute Gasteiger partial charge is 0.261 e. The molecular weight excluding hydrogens is 396 g/mol. The Morgan fingerprint density at radius 1 is 1.16 bits per heavy atom. The van der Waals surface area contributed by atoms with E-state index >= 15 is 0 Å². The van der Waals surface area contributed by atoms with Gasteiger partial charge in [0.25, 0.3) is 5.91 Å². The van der Waals surface area contributed by atoms with Gasteiger partial charge in [0.1, 0.15) is 11.8 Å². The molecule has 0 aliphatic carbocycles. The third-order valence-electron chi connectivity index (χ3n) is 5.10. The summed E-state index contributed by atoms with van der Waals surface area (Å²) in [6, 6.07) is 16.2. The van der Waals surface area contributed by atoms with Gasteiger partial charge in [0, 0.05) is 24.7 Å². The summed E-state index contributed by atoms with van der Waals surface area (Å²) in [5.41, 5.74) is 1.38. The largest absolute Gasteiger partial charge is 0.484 e. The molecule has 31 heavy (non-hydrogen) atoms. The molecule has 1 unspecified atom stereocenters. The number of rotatable bonds is 6. The molecule has 4 rings (SSSR count). The van der Waals surface area contributed by atoms with Gasteiger partial charge < -0.3 is 19.5 Å². The van der Waals surface area contributed by atoms with E-state index in [1.807, 2.05) is 42.5 Å². The number of anilines is 1. The number of benzene rings is 2. The molecule has 3 aromatic rings. The maximum Gasteiger partial charge on any atom is 0.261 e. The minimum absolute atomic E-state index is 0.0414. The van der Waals surface area contributed by atoms with E-state index in [1.165, 1.54) is 6.92 Å². The Kier molecular flexibility index (Phi) is 6.26. The van der Waals surface area contributed by atoms with Gasteiger partial charge in [-0.3, -0.25) is 9.59 Å². The zero-order valence-electron chi connectivity index (χ0n) is 17.3. The monoisotopic (exact) mass is 420 g/mol. The summed E-state index contributed by atoms with van der Waals surface area (Å²) in [6.45, 7) is 2.03. The van der Waals surface area contributed by atoms with Crippen molar-refractivity contribution < 1.29 is 18.8 Å². The number of hydrogen-bond donors (Lipinski definition) is 1. The molecule has 1 aliphatic rings. The number of carbonyl (C=O) groups excluding carboxylic acids is 2. The quantitative estimate of drug-likeness (QED) is 0.651. The normalized spacial score (nSPS) is 16.0. The van der Waals surface area contributed by atoms with Crippen molar-refractivity contribution in [3.8, 4) is 17.1 Å². The molecule has 0 saturated carbocycles. The topological polar surface area (TPSA) is 97.6 Å². The number of nitrogens with one attached hydrogen (secondary N) is 1. The summed E-state index contributed by atoms with van der Waals surface area (Å²) in [4.78, 5) is 30.5. The second kappa shape index (κ2) is 9.42. The first-order valence-corrected chi connectivity index (χ1v) is 10.3. The highest BCUT2D eigenvalue weighted by Gasteiger charge is 2.32. The molecule has 1 saturated heterocycles. The number of carbonyl (C=O) groups is 2. The molecule has 1 N–H and O–H groups in total. The van der Waals surface area contributed by atoms with E-state index in [4.69, 9.17) is 9.26 Å². The molecule has 0 spiro atoms. The van der Waals surface area contributed by atoms with Crippen LogP contribution in [0.25, 0.3) is 11.4 Å². The number of likely N-dealkylation sites (tertiary alicyclic amines) is 1. The van der Waals surface area contributed by atoms with Gasteiger partial charge in [-0.15, -0.1) is 0 Å². The van der Waals surface area contributed by atoms with Crippen molar-refractivity contribution in [1.29, 1.82) is 0 Å². The van der Waals surface area contributed by atoms with Crippen LogP contribution in [-0.2, 0) is 9.59 Å². The van der Waals surface area contributed by atoms with E-state index in [0.717, 1.165) is 24.8 Å². The molecule has 0 bridgehead atoms. The Morgan fingerprint density at radius 3 is 2.81 bits per heavy atom. The highest BCUT2D eigenvalue weighted by molar-refractivity contribution is 5.89. The van der Waals surface area contributed by atoms with Gasteiger partial charge in [0.2, 0.25) is 17.6 Å². The summed E-state index contributed by atoms with van der Waals surface area (Å²) in [6.07, 6.45) is 2.65. The van der Waals surface area contributed by atoms with Crippen molar-refractivity contribution in [1.82, 2.24) is 15.0 Å². The Morgan fingerprint density at radius 2 is 2.00 bits per heavy atom. The third kappa shape index (κ3) is 5.09. The fraction of sp³-hybridized carbons (Fsp3) is 0.304. The average Bonchev–Trinajstić information content (AvgIpc) is 3.28. The SMILES string of the molecule is CC(=O)Nc1cccc(-c2noc(C3CCCCN3C(=O)COc3ccccc3)n2)c1. The maximum atomic E-state index is 12.9. The van der Waals surface area contributed by atoms with Gasteiger partial charge in [0.05, 0.1) is 0 Å². The first kappa shape index (κ1) is 20.6. The fourth-order valence-corrected chi connectivity index (χ4v) is 3.66. The predicted molar refractivity (Wildman–Crippen MR) is 114 cm³/mol. The molecule has 8 heteroatoms. The molecule has 1 aliphatic heterocycles. The van der Waals surface area contributed by atoms with Gasteiger partial charge in [-0.05, 0) is 43.5 Å². The van der Waals surface area contributed by atoms with E-state index in [2.05, 4.69) is 15.5 Å². The molecule has 1 fully saturated rings. The lowest BCUT2D eigenvalue weighted by Gasteiger charge is -2.33. The van der Waals surface area contributed by atoms with Gasteiger partial charge >= 0.3 is 0 Å². The third-order valence-corrected chi connectivity index (χ3v) is 5.10. The van der Waals surface area contributed by atoms with Gasteiger partial charge in [-0.1, -0.05) is 35.5 Å². The van der Waals surface area contributed by atoms with Gasteiger partial charge in [0.15, 0.2) is 6.61 Å². The number of amides is 2. The lowest BCUT2D eigenvalue weighted by molar-refractivity contribution is -0.138. The number of ether oxygens (including phenoxy) is 1. The second-order valence-corrected chi connectivity index (χ2v) is 7.42. The Balaban J connectivity index is 1.48. The van der Waals surface area contributed by atoms with E-state index in [-0.39, 0.29) is 24.5 Å². The van der Waals surface area contributed by atoms with Crippen LogP contribution in [0.2, 0.25) is 0 Å². The van der Waals surface area contributed by atoms with Crippen molar-refractivity contribution in [3.63, 3.8) is 0 Å². The number of hydrogen-bond acceptors (Lipinski definition) is 6. The molecular formula is C23H24N4O4. The summed E-state index contributed by atoms with van der Waals surface area (Å²) in [5, 5.41) is 6.84. The molecule has 8 nitrogen and oxygen atoms in total. The summed E-state index contributed by atoms with van der Waals surface area (Å²) < 4.78 is 11.2. The zero-order valence-corrected chi connectivity index (χ0v) is 17.3. The van der Waals surface area contributed by atoms with Crippen molar-refractivity contribution in [3.05, 3.63) is 60.5 Å². The van der Waals surface area contributed by atoms with Crippen molar-refractivity contribution in [2.45, 2.75) is 32.2 Å². The summed E-state index contributed by atoms with van der Waals surface area (Å²) in [7, 11) is 0. The molecule has 2 aromatic carbocycles. The summed E-state index contributed by atoms with van der Waals surface area (Å²) in [5.74, 6) is 1.22. The fourth-order valence-electron chi connectivity index (χ4n) is 3.66. The van der Waals surface area contributed by atoms with Crippen molar-refractivity contribution in [2.24, 2.45) is 0 Å². The van der Waals surface area contributed by atoms with Gasteiger partial charge in [-0.2, -0.15) is 4.98 Å². The Labute approximate surface area is 180 Å². The molecule has 0 radical (unpaired) electrons. The predicted octanol–water partition coefficient (Wildman–Crippen LogP) is 3.83. The first-order chi connectivity index (χ1) is 15.1. The van der Waals surface area contributed by atoms with Crippen molar-refractivity contribution in [2.75, 3.05) is 18.5 Å². The number of nitrogens with zero attached hydrogens (tertiary/aromatic N) is 3. The van der Waals surface area contributed by atoms with E-state index in [9.17, 15) is 9.59 Å². The van der Waals surface area contributed by atoms with Crippen LogP contribution in [0.3, 0.4) is 0 Å². The second-order valence-electron chi connectivity index (χ2n) is 7.42. The Bertz CT molecular complexity index is 1050. The van der Waals surface area contributed by atoms with Crippen LogP contribution >= 0.6 is 0 Å². The lowest BCUT2D eigenvalue weighted by atomic mass is 10.0. The minimum atomic E-state index is -0.277. The standard InChI is InChI=1S/C23H24N4O4/c1-16(28)24-18-9-7-8-17(14-18)22-25-23(31-26-22)20-12-5-6-13-27(20)21(29)15-30-19-10-3-2-4-11-19/h2-4,7-11,14,20H,5-6,12-13,15H2,1H3,(H,24,28). The average molecular weight is 420 g/mol. The molecule has 2 heterocycles. The highest BCUT2D eigenvalue weighted by Crippen LogP contribution is 2.31. The van der Waals surface area contributed by atoms with Gasteiger partial charge in [-0.25, -0.2) is 0 Å². The molecule has 1 aromatic heterocycles. The maximum absolute atomic E-state index is 12.9. The van der Waals surface area contributed by atoms with Crippen LogP contribution in [0.1, 0.15) is 38.1 Å². The van der Waals surface area contributed by atoms with E-state index in [1.54, 1.807) is 17.0 Å². The van der Waals surface area contributed by atoms with Crippen LogP contribution < -0.4 is 10.1 Å². The highest BCUT2D eigenvalue weighted by atomic mass is 16.5.